The summed E-state index contributed by atoms with van der Waals surface area (Å²) >= 11 is 9.34. The predicted molar refractivity (Wildman–Crippen MR) is 120 cm³/mol. The van der Waals surface area contributed by atoms with Gasteiger partial charge in [-0.1, -0.05) is 35.1 Å². The lowest BCUT2D eigenvalue weighted by atomic mass is 10.2. The summed E-state index contributed by atoms with van der Waals surface area (Å²) in [4.78, 5) is 22.8. The van der Waals surface area contributed by atoms with Crippen molar-refractivity contribution in [2.75, 3.05) is 36.8 Å². The minimum atomic E-state index is 0.237. The van der Waals surface area contributed by atoms with E-state index in [0.29, 0.717) is 6.42 Å². The van der Waals surface area contributed by atoms with Crippen molar-refractivity contribution >= 4 is 56.0 Å². The first kappa shape index (κ1) is 19.6. The van der Waals surface area contributed by atoms with Crippen LogP contribution in [0.5, 0.6) is 0 Å². The molecule has 7 heteroatoms. The molecule has 1 aliphatic rings. The van der Waals surface area contributed by atoms with E-state index in [1.54, 1.807) is 23.1 Å². The number of thioether (sulfide) groups is 1. The van der Waals surface area contributed by atoms with Crippen molar-refractivity contribution in [1.82, 2.24) is 9.88 Å². The maximum atomic E-state index is 12.5. The fourth-order valence-corrected chi connectivity index (χ4v) is 5.36. The van der Waals surface area contributed by atoms with Crippen molar-refractivity contribution < 1.29 is 4.79 Å². The molecule has 0 spiro atoms. The molecule has 1 saturated heterocycles. The zero-order valence-corrected chi connectivity index (χ0v) is 18.1. The summed E-state index contributed by atoms with van der Waals surface area (Å²) in [5.41, 5.74) is 2.31. The molecule has 0 N–H and O–H groups in total. The summed E-state index contributed by atoms with van der Waals surface area (Å²) < 4.78 is 1.23. The lowest BCUT2D eigenvalue weighted by Gasteiger charge is -2.34. The number of aromatic nitrogens is 1. The van der Waals surface area contributed by atoms with E-state index in [4.69, 9.17) is 16.6 Å². The summed E-state index contributed by atoms with van der Waals surface area (Å²) in [6, 6.07) is 14.1. The quantitative estimate of drug-likeness (QED) is 0.527. The lowest BCUT2D eigenvalue weighted by molar-refractivity contribution is -0.131. The van der Waals surface area contributed by atoms with Crippen LogP contribution in [0.4, 0.5) is 5.13 Å². The van der Waals surface area contributed by atoms with E-state index in [2.05, 4.69) is 30.0 Å². The predicted octanol–water partition coefficient (Wildman–Crippen LogP) is 5.09. The Morgan fingerprint density at radius 1 is 1.14 bits per heavy atom. The van der Waals surface area contributed by atoms with Crippen molar-refractivity contribution in [2.24, 2.45) is 0 Å². The Labute approximate surface area is 178 Å². The van der Waals surface area contributed by atoms with E-state index in [-0.39, 0.29) is 5.91 Å². The molecule has 3 aromatic rings. The van der Waals surface area contributed by atoms with Crippen LogP contribution in [0, 0.1) is 6.92 Å². The number of aryl methyl sites for hydroxylation is 1. The number of rotatable bonds is 5. The topological polar surface area (TPSA) is 36.4 Å². The summed E-state index contributed by atoms with van der Waals surface area (Å²) in [5.74, 6) is 1.03. The van der Waals surface area contributed by atoms with Crippen molar-refractivity contribution in [1.29, 1.82) is 0 Å². The van der Waals surface area contributed by atoms with Gasteiger partial charge in [0.15, 0.2) is 5.13 Å². The number of amides is 1. The molecule has 4 rings (SSSR count). The first-order valence-corrected chi connectivity index (χ1v) is 11.6. The second-order valence-corrected chi connectivity index (χ2v) is 9.45. The van der Waals surface area contributed by atoms with Crippen LogP contribution < -0.4 is 4.90 Å². The average molecular weight is 432 g/mol. The van der Waals surface area contributed by atoms with Gasteiger partial charge in [0.1, 0.15) is 0 Å². The number of carbonyl (C=O) groups excluding carboxylic acids is 1. The van der Waals surface area contributed by atoms with E-state index in [1.165, 1.54) is 10.3 Å². The molecule has 0 saturated carbocycles. The normalized spacial score (nSPS) is 14.6. The molecule has 0 aliphatic carbocycles. The average Bonchev–Trinajstić information content (AvgIpc) is 3.15. The van der Waals surface area contributed by atoms with Gasteiger partial charge in [0.2, 0.25) is 5.91 Å². The third kappa shape index (κ3) is 4.45. The van der Waals surface area contributed by atoms with Gasteiger partial charge in [0, 0.05) is 48.3 Å². The fourth-order valence-electron chi connectivity index (χ4n) is 3.30. The number of benzene rings is 2. The second kappa shape index (κ2) is 8.72. The Hall–Kier alpha value is -1.76. The van der Waals surface area contributed by atoms with Gasteiger partial charge in [0.25, 0.3) is 0 Å². The number of carbonyl (C=O) groups is 1. The molecule has 0 bridgehead atoms. The molecule has 2 aromatic carbocycles. The summed E-state index contributed by atoms with van der Waals surface area (Å²) in [7, 11) is 0. The molecule has 28 heavy (non-hydrogen) atoms. The molecule has 0 atom stereocenters. The molecule has 2 heterocycles. The minimum Gasteiger partial charge on any atom is -0.345 e. The van der Waals surface area contributed by atoms with Crippen LogP contribution in [-0.4, -0.2) is 47.7 Å². The van der Waals surface area contributed by atoms with E-state index in [1.807, 2.05) is 29.2 Å². The molecule has 0 radical (unpaired) electrons. The second-order valence-electron chi connectivity index (χ2n) is 6.84. The maximum absolute atomic E-state index is 12.5. The standard InChI is InChI=1S/C21H22ClN3OS2/c1-15-3-2-4-18-20(15)23-21(28-18)25-12-10-24(11-13-25)19(26)9-14-27-17-7-5-16(22)6-8-17/h2-8H,9-14H2,1H3. The zero-order chi connectivity index (χ0) is 19.5. The van der Waals surface area contributed by atoms with Crippen LogP contribution in [0.25, 0.3) is 10.2 Å². The summed E-state index contributed by atoms with van der Waals surface area (Å²) in [6.45, 7) is 5.31. The first-order valence-electron chi connectivity index (χ1n) is 9.37. The molecular formula is C21H22ClN3OS2. The third-order valence-electron chi connectivity index (χ3n) is 4.91. The monoisotopic (exact) mass is 431 g/mol. The highest BCUT2D eigenvalue weighted by Crippen LogP contribution is 2.31. The van der Waals surface area contributed by atoms with E-state index in [9.17, 15) is 4.79 Å². The number of para-hydroxylation sites is 1. The van der Waals surface area contributed by atoms with Crippen LogP contribution in [0.3, 0.4) is 0 Å². The maximum Gasteiger partial charge on any atom is 0.223 e. The van der Waals surface area contributed by atoms with Gasteiger partial charge in [-0.2, -0.15) is 0 Å². The number of halogens is 1. The third-order valence-corrected chi connectivity index (χ3v) is 7.26. The smallest absolute Gasteiger partial charge is 0.223 e. The SMILES string of the molecule is Cc1cccc2sc(N3CCN(C(=O)CCSc4ccc(Cl)cc4)CC3)nc12. The molecule has 1 aromatic heterocycles. The van der Waals surface area contributed by atoms with Crippen LogP contribution in [-0.2, 0) is 4.79 Å². The molecule has 1 aliphatic heterocycles. The van der Waals surface area contributed by atoms with Gasteiger partial charge >= 0.3 is 0 Å². The Morgan fingerprint density at radius 3 is 2.61 bits per heavy atom. The Morgan fingerprint density at radius 2 is 1.89 bits per heavy atom. The van der Waals surface area contributed by atoms with Gasteiger partial charge < -0.3 is 9.80 Å². The van der Waals surface area contributed by atoms with Crippen molar-refractivity contribution in [2.45, 2.75) is 18.2 Å². The largest absolute Gasteiger partial charge is 0.345 e. The van der Waals surface area contributed by atoms with Crippen molar-refractivity contribution in [3.63, 3.8) is 0 Å². The van der Waals surface area contributed by atoms with Crippen LogP contribution in [0.1, 0.15) is 12.0 Å². The van der Waals surface area contributed by atoms with E-state index in [0.717, 1.165) is 52.5 Å². The van der Waals surface area contributed by atoms with Gasteiger partial charge in [-0.15, -0.1) is 11.8 Å². The Balaban J connectivity index is 1.27. The van der Waals surface area contributed by atoms with Gasteiger partial charge in [-0.3, -0.25) is 4.79 Å². The number of fused-ring (bicyclic) bond motifs is 1. The lowest BCUT2D eigenvalue weighted by Crippen LogP contribution is -2.48. The van der Waals surface area contributed by atoms with Gasteiger partial charge in [0.05, 0.1) is 10.2 Å². The number of anilines is 1. The Kier molecular flexibility index (Phi) is 6.09. The zero-order valence-electron chi connectivity index (χ0n) is 15.7. The number of piperazine rings is 1. The number of hydrogen-bond donors (Lipinski definition) is 0. The number of nitrogens with zero attached hydrogens (tertiary/aromatic N) is 3. The molecule has 1 fully saturated rings. The number of thiazole rings is 1. The van der Waals surface area contributed by atoms with Crippen molar-refractivity contribution in [3.8, 4) is 0 Å². The van der Waals surface area contributed by atoms with Crippen LogP contribution in [0.15, 0.2) is 47.4 Å². The first-order chi connectivity index (χ1) is 13.6. The van der Waals surface area contributed by atoms with Crippen LogP contribution >= 0.6 is 34.7 Å². The highest BCUT2D eigenvalue weighted by Gasteiger charge is 2.23. The van der Waals surface area contributed by atoms with E-state index >= 15 is 0 Å². The molecular weight excluding hydrogens is 410 g/mol. The highest BCUT2D eigenvalue weighted by molar-refractivity contribution is 7.99. The Bertz CT molecular complexity index is 965. The fraction of sp³-hybridized carbons (Fsp3) is 0.333. The summed E-state index contributed by atoms with van der Waals surface area (Å²) in [6.07, 6.45) is 0.563. The van der Waals surface area contributed by atoms with E-state index < -0.39 is 0 Å². The van der Waals surface area contributed by atoms with Crippen molar-refractivity contribution in [3.05, 3.63) is 53.1 Å². The molecule has 4 nitrogen and oxygen atoms in total. The highest BCUT2D eigenvalue weighted by atomic mass is 35.5. The number of hydrogen-bond acceptors (Lipinski definition) is 5. The van der Waals surface area contributed by atoms with Crippen LogP contribution in [0.2, 0.25) is 5.02 Å². The summed E-state index contributed by atoms with van der Waals surface area (Å²) in [5, 5.41) is 1.80. The van der Waals surface area contributed by atoms with Gasteiger partial charge in [-0.25, -0.2) is 4.98 Å². The van der Waals surface area contributed by atoms with Gasteiger partial charge in [-0.05, 0) is 42.8 Å². The molecule has 146 valence electrons. The molecule has 0 unspecified atom stereocenters. The minimum absolute atomic E-state index is 0.237. The molecule has 1 amide bonds.